The standard InChI is InChI=1S/C43H122O17Si19/c1-45-61-39-41-77(33)40-37-36-38-46-64(7,8)59-78(34,60-77)42-43-79(35,75(29,30)57-73(25,26)55-71(21,22)52-68(15,16)50-66(11,12)48-63(5,6)44)76(31,32)58-74(27,28)56-72(23,24)54-70(19,20)53-69(17,18)51-67(13,14)49-65(9,10)47-62(2,3)4/h44H,36-43H2,1-35H3. The molecule has 0 aromatic carbocycles. The molecule has 0 bridgehead atoms. The van der Waals surface area contributed by atoms with Crippen molar-refractivity contribution in [2.45, 2.75) is 266 Å². The van der Waals surface area contributed by atoms with Gasteiger partial charge in [0.05, 0.1) is 7.11 Å². The Morgan fingerprint density at radius 2 is 0.722 bits per heavy atom. The molecule has 0 aromatic rings. The first-order valence-electron chi connectivity index (χ1n) is 28.8. The summed E-state index contributed by atoms with van der Waals surface area (Å²) in [6, 6.07) is 4.88. The van der Waals surface area contributed by atoms with E-state index in [1.807, 2.05) is 13.1 Å². The summed E-state index contributed by atoms with van der Waals surface area (Å²) < 4.78 is 112. The average molecular weight is 1450 g/mol. The summed E-state index contributed by atoms with van der Waals surface area (Å²) in [5.41, 5.74) is 0. The molecule has 0 amide bonds. The Labute approximate surface area is 507 Å². The second-order valence-electron chi connectivity index (χ2n) is 30.0. The van der Waals surface area contributed by atoms with Gasteiger partial charge in [-0.2, -0.15) is 0 Å². The summed E-state index contributed by atoms with van der Waals surface area (Å²) in [5.74, 6) is 0. The van der Waals surface area contributed by atoms with Gasteiger partial charge in [0.25, 0.3) is 0 Å². The highest BCUT2D eigenvalue weighted by Gasteiger charge is 2.64. The Hall–Kier alpha value is 3.44. The molecular formula is C43H122O17Si19. The Morgan fingerprint density at radius 3 is 1.04 bits per heavy atom. The molecule has 1 rings (SSSR count). The smallest absolute Gasteiger partial charge is 0.322 e. The molecule has 36 heteroatoms. The molecule has 17 nitrogen and oxygen atoms in total. The predicted molar refractivity (Wildman–Crippen MR) is 372 cm³/mol. The highest BCUT2D eigenvalue weighted by Crippen LogP contribution is 2.43. The highest BCUT2D eigenvalue weighted by molar-refractivity contribution is 7.67. The summed E-state index contributed by atoms with van der Waals surface area (Å²) in [5, 5.41) is 0. The van der Waals surface area contributed by atoms with E-state index in [-0.39, 0.29) is 0 Å². The molecule has 79 heavy (non-hydrogen) atoms. The molecule has 1 saturated heterocycles. The van der Waals surface area contributed by atoms with Gasteiger partial charge in [0.1, 0.15) is 0 Å². The van der Waals surface area contributed by atoms with Gasteiger partial charge in [-0.05, 0) is 247 Å². The largest absolute Gasteiger partial charge is 0.439 e. The third-order valence-electron chi connectivity index (χ3n) is 13.1. The van der Waals surface area contributed by atoms with Gasteiger partial charge < -0.3 is 71.3 Å². The summed E-state index contributed by atoms with van der Waals surface area (Å²) in [7, 11) is -46.1. The van der Waals surface area contributed by atoms with Gasteiger partial charge in [0, 0.05) is 13.7 Å². The van der Waals surface area contributed by atoms with E-state index in [0.29, 0.717) is 9.76 Å². The predicted octanol–water partition coefficient (Wildman–Crippen LogP) is 14.3. The average Bonchev–Trinajstić information content (AvgIpc) is 3.05. The minimum absolute atomic E-state index is 0.459. The second kappa shape index (κ2) is 28.3. The van der Waals surface area contributed by atoms with Crippen molar-refractivity contribution in [2.24, 2.45) is 0 Å². The minimum Gasteiger partial charge on any atom is -0.439 e. The van der Waals surface area contributed by atoms with Gasteiger partial charge in [0.15, 0.2) is 32.3 Å². The van der Waals surface area contributed by atoms with Crippen LogP contribution in [0.25, 0.3) is 0 Å². The molecule has 2 radical (unpaired) electrons. The second-order valence-corrected chi connectivity index (χ2v) is 112. The molecule has 1 fully saturated rings. The van der Waals surface area contributed by atoms with Crippen LogP contribution in [0.4, 0.5) is 0 Å². The Bertz CT molecular complexity index is 1920. The molecule has 472 valence electrons. The number of rotatable bonds is 33. The zero-order valence-corrected chi connectivity index (χ0v) is 76.1. The van der Waals surface area contributed by atoms with Gasteiger partial charge in [-0.1, -0.05) is 19.0 Å². The fraction of sp³-hybridized carbons (Fsp3) is 1.00. The van der Waals surface area contributed by atoms with Crippen molar-refractivity contribution in [3.63, 3.8) is 0 Å². The maximum Gasteiger partial charge on any atom is 0.322 e. The summed E-state index contributed by atoms with van der Waals surface area (Å²) in [6.45, 7) is 74.5. The SMILES string of the molecule is CO[Si]CC[Si]1(C)CCCCO[Si](C)(C)O[Si](C)(CC[Si](C)([Si](C)(C)O[Si](C)(C)O[Si](C)(C)O[Si](C)(C)O[Si](C)(C)O[Si](C)(C)O)[Si](C)(C)O[Si](C)(C)O[Si](C)(C)O[Si](C)(C)O[Si](C)(C)O[Si](C)(C)O[Si](C)(C)O[Si](C)(C)C)O1. The van der Waals surface area contributed by atoms with Crippen LogP contribution < -0.4 is 0 Å². The minimum atomic E-state index is -2.95. The van der Waals surface area contributed by atoms with Gasteiger partial charge >= 0.3 is 111 Å². The van der Waals surface area contributed by atoms with E-state index < -0.39 is 151 Å². The van der Waals surface area contributed by atoms with Crippen LogP contribution in [0.3, 0.4) is 0 Å². The van der Waals surface area contributed by atoms with E-state index in [4.69, 9.17) is 66.5 Å². The van der Waals surface area contributed by atoms with Crippen LogP contribution in [0.5, 0.6) is 0 Å². The molecule has 1 heterocycles. The third kappa shape index (κ3) is 31.2. The van der Waals surface area contributed by atoms with Crippen molar-refractivity contribution < 1.29 is 71.3 Å². The topological polar surface area (TPSA) is 168 Å². The maximum atomic E-state index is 10.7. The maximum absolute atomic E-state index is 10.7. The molecule has 0 aliphatic carbocycles. The Morgan fingerprint density at radius 1 is 0.405 bits per heavy atom. The van der Waals surface area contributed by atoms with Crippen molar-refractivity contribution in [1.82, 2.24) is 0 Å². The molecule has 1 aliphatic heterocycles. The molecule has 0 saturated carbocycles. The van der Waals surface area contributed by atoms with Gasteiger partial charge in [-0.15, -0.1) is 0 Å². The van der Waals surface area contributed by atoms with Crippen LogP contribution in [0, 0.1) is 0 Å². The molecule has 1 N–H and O–H groups in total. The first kappa shape index (κ1) is 80.5. The van der Waals surface area contributed by atoms with Crippen molar-refractivity contribution in [3.8, 4) is 0 Å². The monoisotopic (exact) mass is 1440 g/mol. The van der Waals surface area contributed by atoms with Crippen molar-refractivity contribution in [1.29, 1.82) is 0 Å². The number of hydrogen-bond acceptors (Lipinski definition) is 17. The van der Waals surface area contributed by atoms with Crippen molar-refractivity contribution in [2.75, 3.05) is 13.7 Å². The van der Waals surface area contributed by atoms with Crippen molar-refractivity contribution in [3.05, 3.63) is 0 Å². The van der Waals surface area contributed by atoms with Crippen LogP contribution in [0.15, 0.2) is 0 Å². The van der Waals surface area contributed by atoms with Crippen molar-refractivity contribution >= 4 is 160 Å². The first-order chi connectivity index (χ1) is 34.4. The zero-order valence-electron chi connectivity index (χ0n) is 57.1. The Balaban J connectivity index is 3.85. The lowest BCUT2D eigenvalue weighted by atomic mass is 10.4. The summed E-state index contributed by atoms with van der Waals surface area (Å²) >= 11 is 0. The number of hydrogen-bond donors (Lipinski definition) is 1. The van der Waals surface area contributed by atoms with Crippen LogP contribution >= 0.6 is 0 Å². The van der Waals surface area contributed by atoms with Gasteiger partial charge in [-0.3, -0.25) is 0 Å². The Kier molecular flexibility index (Phi) is 28.8. The molecule has 0 aromatic heterocycles. The normalized spacial score (nSPS) is 22.0. The van der Waals surface area contributed by atoms with E-state index in [1.54, 1.807) is 20.2 Å². The van der Waals surface area contributed by atoms with E-state index >= 15 is 0 Å². The van der Waals surface area contributed by atoms with Gasteiger partial charge in [0.2, 0.25) is 9.76 Å². The lowest BCUT2D eigenvalue weighted by Crippen LogP contribution is -2.78. The van der Waals surface area contributed by atoms with Gasteiger partial charge in [-0.25, -0.2) is 0 Å². The van der Waals surface area contributed by atoms with Crippen LogP contribution in [-0.4, -0.2) is 179 Å². The van der Waals surface area contributed by atoms with E-state index in [1.165, 1.54) is 0 Å². The summed E-state index contributed by atoms with van der Waals surface area (Å²) in [6.07, 6.45) is 2.11. The molecule has 3 atom stereocenters. The van der Waals surface area contributed by atoms with Crippen LogP contribution in [-0.2, 0) is 66.5 Å². The summed E-state index contributed by atoms with van der Waals surface area (Å²) in [4.78, 5) is 10.7. The van der Waals surface area contributed by atoms with E-state index in [2.05, 4.69) is 196 Å². The van der Waals surface area contributed by atoms with Crippen LogP contribution in [0.2, 0.25) is 253 Å². The quantitative estimate of drug-likeness (QED) is 0.0486. The fourth-order valence-electron chi connectivity index (χ4n) is 12.3. The fourth-order valence-corrected chi connectivity index (χ4v) is 134. The van der Waals surface area contributed by atoms with E-state index in [0.717, 1.165) is 49.7 Å². The molecular weight excluding hydrogens is 1320 g/mol. The zero-order chi connectivity index (χ0) is 62.7. The molecule has 0 spiro atoms. The molecule has 1 aliphatic rings. The molecule has 3 unspecified atom stereocenters. The van der Waals surface area contributed by atoms with Crippen LogP contribution in [0.1, 0.15) is 12.8 Å². The highest BCUT2D eigenvalue weighted by atomic mass is 29.7. The lowest BCUT2D eigenvalue weighted by molar-refractivity contribution is 0.218. The van der Waals surface area contributed by atoms with E-state index in [9.17, 15) is 4.80 Å². The lowest BCUT2D eigenvalue weighted by Gasteiger charge is -2.54. The third-order valence-corrected chi connectivity index (χ3v) is 112. The first-order valence-corrected chi connectivity index (χ1v) is 83.0.